The number of aromatic nitrogens is 1. The Morgan fingerprint density at radius 1 is 1.10 bits per heavy atom. The van der Waals surface area contributed by atoms with Crippen molar-refractivity contribution < 1.29 is 13.2 Å². The Morgan fingerprint density at radius 3 is 2.43 bits per heavy atom. The van der Waals surface area contributed by atoms with E-state index in [-0.39, 0.29) is 5.56 Å². The monoisotopic (exact) mass is 425 g/mol. The average Bonchev–Trinajstić information content (AvgIpc) is 2.72. The minimum atomic E-state index is -3.67. The number of hydrogen-bond acceptors (Lipinski definition) is 5. The first kappa shape index (κ1) is 21.2. The summed E-state index contributed by atoms with van der Waals surface area (Å²) < 4.78 is 33.8. The van der Waals surface area contributed by atoms with Crippen LogP contribution in [0.3, 0.4) is 0 Å². The standard InChI is InChI=1S/C22H23N3O4S/c1-5-30(27,28)24-17-8-11-21(29-18-9-6-15(2)7-10-18)19(13-17)16-12-20(23-3)22(26)25(4)14-16/h5-14,23-24H,1H2,2-4H3. The molecule has 0 atom stereocenters. The van der Waals surface area contributed by atoms with Gasteiger partial charge in [0.05, 0.1) is 0 Å². The van der Waals surface area contributed by atoms with E-state index in [0.29, 0.717) is 34.0 Å². The van der Waals surface area contributed by atoms with Crippen LogP contribution in [0.5, 0.6) is 11.5 Å². The zero-order chi connectivity index (χ0) is 21.9. The minimum Gasteiger partial charge on any atom is -0.457 e. The van der Waals surface area contributed by atoms with Gasteiger partial charge in [-0.15, -0.1) is 0 Å². The molecule has 1 heterocycles. The molecule has 0 fully saturated rings. The van der Waals surface area contributed by atoms with Crippen molar-refractivity contribution in [1.82, 2.24) is 4.57 Å². The second-order valence-electron chi connectivity index (χ2n) is 6.75. The third-order valence-corrected chi connectivity index (χ3v) is 5.43. The first-order valence-electron chi connectivity index (χ1n) is 9.15. The number of aryl methyl sites for hydroxylation is 2. The molecule has 1 aromatic heterocycles. The Morgan fingerprint density at radius 2 is 1.80 bits per heavy atom. The Bertz CT molecular complexity index is 1250. The van der Waals surface area contributed by atoms with Crippen molar-refractivity contribution in [3.05, 3.63) is 82.6 Å². The molecule has 0 aliphatic heterocycles. The molecule has 3 rings (SSSR count). The van der Waals surface area contributed by atoms with Crippen LogP contribution in [0.25, 0.3) is 11.1 Å². The number of anilines is 2. The lowest BCUT2D eigenvalue weighted by Crippen LogP contribution is -2.19. The number of hydrogen-bond donors (Lipinski definition) is 2. The molecule has 0 saturated heterocycles. The van der Waals surface area contributed by atoms with Gasteiger partial charge in [0.15, 0.2) is 0 Å². The highest BCUT2D eigenvalue weighted by molar-refractivity contribution is 7.95. The molecule has 0 spiro atoms. The van der Waals surface area contributed by atoms with Crippen molar-refractivity contribution >= 4 is 21.4 Å². The predicted molar refractivity (Wildman–Crippen MR) is 121 cm³/mol. The lowest BCUT2D eigenvalue weighted by Gasteiger charge is -2.15. The summed E-state index contributed by atoms with van der Waals surface area (Å²) in [5.41, 5.74) is 2.99. The fraction of sp³-hybridized carbons (Fsp3) is 0.136. The van der Waals surface area contributed by atoms with Crippen LogP contribution < -0.4 is 20.3 Å². The molecule has 8 heteroatoms. The van der Waals surface area contributed by atoms with Gasteiger partial charge in [-0.1, -0.05) is 24.3 Å². The molecule has 2 N–H and O–H groups in total. The third kappa shape index (κ3) is 4.72. The fourth-order valence-electron chi connectivity index (χ4n) is 2.89. The van der Waals surface area contributed by atoms with Crippen LogP contribution in [0.1, 0.15) is 5.56 Å². The van der Waals surface area contributed by atoms with Crippen LogP contribution in [-0.2, 0) is 17.1 Å². The van der Waals surface area contributed by atoms with Crippen LogP contribution in [0, 0.1) is 6.92 Å². The highest BCUT2D eigenvalue weighted by atomic mass is 32.2. The van der Waals surface area contributed by atoms with E-state index in [4.69, 9.17) is 4.74 Å². The van der Waals surface area contributed by atoms with Gasteiger partial charge in [-0.25, -0.2) is 8.42 Å². The van der Waals surface area contributed by atoms with E-state index < -0.39 is 10.0 Å². The lowest BCUT2D eigenvalue weighted by molar-refractivity contribution is 0.484. The van der Waals surface area contributed by atoms with Crippen molar-refractivity contribution in [2.24, 2.45) is 7.05 Å². The quantitative estimate of drug-likeness (QED) is 0.595. The molecular formula is C22H23N3O4S. The van der Waals surface area contributed by atoms with Gasteiger partial charge in [0, 0.05) is 42.5 Å². The Kier molecular flexibility index (Phi) is 5.98. The molecule has 3 aromatic rings. The number of rotatable bonds is 7. The van der Waals surface area contributed by atoms with Crippen LogP contribution >= 0.6 is 0 Å². The van der Waals surface area contributed by atoms with Crippen molar-refractivity contribution in [2.45, 2.75) is 6.92 Å². The highest BCUT2D eigenvalue weighted by Gasteiger charge is 2.14. The Hall–Kier alpha value is -3.52. The normalized spacial score (nSPS) is 11.0. The summed E-state index contributed by atoms with van der Waals surface area (Å²) in [5, 5.41) is 3.73. The van der Waals surface area contributed by atoms with Crippen molar-refractivity contribution in [3.63, 3.8) is 0 Å². The van der Waals surface area contributed by atoms with E-state index >= 15 is 0 Å². The first-order valence-corrected chi connectivity index (χ1v) is 10.7. The van der Waals surface area contributed by atoms with E-state index in [2.05, 4.69) is 16.6 Å². The molecule has 0 amide bonds. The van der Waals surface area contributed by atoms with E-state index in [1.165, 1.54) is 4.57 Å². The van der Waals surface area contributed by atoms with E-state index in [0.717, 1.165) is 11.0 Å². The van der Waals surface area contributed by atoms with Crippen LogP contribution in [0.15, 0.2) is 71.5 Å². The third-order valence-electron chi connectivity index (χ3n) is 4.47. The summed E-state index contributed by atoms with van der Waals surface area (Å²) >= 11 is 0. The van der Waals surface area contributed by atoms with E-state index in [1.807, 2.05) is 31.2 Å². The van der Waals surface area contributed by atoms with Crippen LogP contribution in [0.2, 0.25) is 0 Å². The topological polar surface area (TPSA) is 89.4 Å². The molecule has 0 unspecified atom stereocenters. The Labute approximate surface area is 175 Å². The molecule has 0 radical (unpaired) electrons. The van der Waals surface area contributed by atoms with Crippen molar-refractivity contribution in [1.29, 1.82) is 0 Å². The number of nitrogens with one attached hydrogen (secondary N) is 2. The van der Waals surface area contributed by atoms with Gasteiger partial charge < -0.3 is 14.6 Å². The summed E-state index contributed by atoms with van der Waals surface area (Å²) in [4.78, 5) is 12.3. The number of sulfonamides is 1. The van der Waals surface area contributed by atoms with Gasteiger partial charge in [-0.3, -0.25) is 9.52 Å². The first-order chi connectivity index (χ1) is 14.2. The van der Waals surface area contributed by atoms with E-state index in [9.17, 15) is 13.2 Å². The number of pyridine rings is 1. The zero-order valence-electron chi connectivity index (χ0n) is 17.0. The highest BCUT2D eigenvalue weighted by Crippen LogP contribution is 2.36. The molecule has 0 bridgehead atoms. The second kappa shape index (κ2) is 8.46. The molecule has 30 heavy (non-hydrogen) atoms. The smallest absolute Gasteiger partial charge is 0.273 e. The maximum absolute atomic E-state index is 12.3. The van der Waals surface area contributed by atoms with Crippen molar-refractivity contribution in [3.8, 4) is 22.6 Å². The second-order valence-corrected chi connectivity index (χ2v) is 8.38. The average molecular weight is 426 g/mol. The van der Waals surface area contributed by atoms with Gasteiger partial charge >= 0.3 is 0 Å². The summed E-state index contributed by atoms with van der Waals surface area (Å²) in [5.74, 6) is 1.15. The lowest BCUT2D eigenvalue weighted by atomic mass is 10.0. The molecule has 0 aliphatic rings. The van der Waals surface area contributed by atoms with Gasteiger partial charge in [0.1, 0.15) is 17.2 Å². The number of nitrogens with zero attached hydrogens (tertiary/aromatic N) is 1. The van der Waals surface area contributed by atoms with Crippen molar-refractivity contribution in [2.75, 3.05) is 17.1 Å². The number of ether oxygens (including phenoxy) is 1. The summed E-state index contributed by atoms with van der Waals surface area (Å²) in [7, 11) is -0.354. The zero-order valence-corrected chi connectivity index (χ0v) is 17.8. The molecule has 0 aliphatic carbocycles. The molecule has 7 nitrogen and oxygen atoms in total. The molecule has 156 valence electrons. The largest absolute Gasteiger partial charge is 0.457 e. The van der Waals surface area contributed by atoms with Gasteiger partial charge in [0.2, 0.25) is 0 Å². The van der Waals surface area contributed by atoms with Gasteiger partial charge in [-0.05, 0) is 43.3 Å². The molecule has 0 saturated carbocycles. The summed E-state index contributed by atoms with van der Waals surface area (Å²) in [6.07, 6.45) is 1.67. The maximum atomic E-state index is 12.3. The molecular weight excluding hydrogens is 402 g/mol. The number of benzene rings is 2. The fourth-order valence-corrected chi connectivity index (χ4v) is 3.42. The summed E-state index contributed by atoms with van der Waals surface area (Å²) in [6.45, 7) is 5.30. The van der Waals surface area contributed by atoms with E-state index in [1.54, 1.807) is 44.6 Å². The van der Waals surface area contributed by atoms with Crippen LogP contribution in [0.4, 0.5) is 11.4 Å². The SMILES string of the molecule is C=CS(=O)(=O)Nc1ccc(Oc2ccc(C)cc2)c(-c2cc(NC)c(=O)n(C)c2)c1. The van der Waals surface area contributed by atoms with Gasteiger partial charge in [-0.2, -0.15) is 0 Å². The maximum Gasteiger partial charge on any atom is 0.273 e. The minimum absolute atomic E-state index is 0.175. The van der Waals surface area contributed by atoms with Crippen LogP contribution in [-0.4, -0.2) is 20.0 Å². The van der Waals surface area contributed by atoms with Gasteiger partial charge in [0.25, 0.3) is 15.6 Å². The molecule has 2 aromatic carbocycles. The Balaban J connectivity index is 2.15. The summed E-state index contributed by atoms with van der Waals surface area (Å²) in [6, 6.07) is 14.2. The predicted octanol–water partition coefficient (Wildman–Crippen LogP) is 4.08.